The number of benzene rings is 1. The lowest BCUT2D eigenvalue weighted by atomic mass is 10.3. The van der Waals surface area contributed by atoms with Crippen LogP contribution in [0, 0.1) is 0 Å². The maximum Gasteiger partial charge on any atom is 0.161 e. The first-order valence-electron chi connectivity index (χ1n) is 6.94. The summed E-state index contributed by atoms with van der Waals surface area (Å²) in [5, 5.41) is 3.34. The predicted molar refractivity (Wildman–Crippen MR) is 79.1 cm³/mol. The van der Waals surface area contributed by atoms with Gasteiger partial charge in [-0.05, 0) is 32.6 Å². The molecule has 4 nitrogen and oxygen atoms in total. The van der Waals surface area contributed by atoms with Crippen LogP contribution in [-0.4, -0.2) is 51.8 Å². The monoisotopic (exact) mass is 266 g/mol. The molecule has 0 amide bonds. The summed E-state index contributed by atoms with van der Waals surface area (Å²) in [5.74, 6) is 1.66. The average molecular weight is 266 g/mol. The van der Waals surface area contributed by atoms with Gasteiger partial charge in [0.15, 0.2) is 11.5 Å². The van der Waals surface area contributed by atoms with E-state index in [2.05, 4.69) is 31.2 Å². The van der Waals surface area contributed by atoms with Crippen LogP contribution in [0.25, 0.3) is 0 Å². The van der Waals surface area contributed by atoms with E-state index in [1.165, 1.54) is 0 Å². The Balaban J connectivity index is 2.24. The highest BCUT2D eigenvalue weighted by Gasteiger charge is 2.03. The van der Waals surface area contributed by atoms with Gasteiger partial charge in [-0.1, -0.05) is 19.1 Å². The molecule has 0 spiro atoms. The van der Waals surface area contributed by atoms with Gasteiger partial charge in [0.2, 0.25) is 0 Å². The van der Waals surface area contributed by atoms with Crippen molar-refractivity contribution in [2.75, 3.05) is 46.9 Å². The van der Waals surface area contributed by atoms with Gasteiger partial charge in [0.1, 0.15) is 6.61 Å². The van der Waals surface area contributed by atoms with Crippen molar-refractivity contribution in [3.63, 3.8) is 0 Å². The first-order chi connectivity index (χ1) is 9.24. The van der Waals surface area contributed by atoms with E-state index in [9.17, 15) is 0 Å². The van der Waals surface area contributed by atoms with Crippen LogP contribution in [0.1, 0.15) is 13.3 Å². The quantitative estimate of drug-likeness (QED) is 0.657. The molecule has 0 radical (unpaired) electrons. The molecular formula is C15H26N2O2. The van der Waals surface area contributed by atoms with Gasteiger partial charge in [-0.25, -0.2) is 0 Å². The fraction of sp³-hybridized carbons (Fsp3) is 0.600. The van der Waals surface area contributed by atoms with Crippen LogP contribution in [0.15, 0.2) is 24.3 Å². The second-order valence-electron chi connectivity index (χ2n) is 4.70. The molecule has 0 atom stereocenters. The number of nitrogens with zero attached hydrogens (tertiary/aromatic N) is 1. The van der Waals surface area contributed by atoms with E-state index in [-0.39, 0.29) is 0 Å². The molecule has 19 heavy (non-hydrogen) atoms. The number of nitrogens with one attached hydrogen (secondary N) is 1. The first kappa shape index (κ1) is 15.8. The minimum atomic E-state index is 0.653. The van der Waals surface area contributed by atoms with E-state index in [1.807, 2.05) is 24.3 Å². The molecule has 0 aliphatic heterocycles. The lowest BCUT2D eigenvalue weighted by Crippen LogP contribution is -2.29. The van der Waals surface area contributed by atoms with E-state index in [0.29, 0.717) is 6.61 Å². The van der Waals surface area contributed by atoms with E-state index in [1.54, 1.807) is 0 Å². The van der Waals surface area contributed by atoms with E-state index >= 15 is 0 Å². The van der Waals surface area contributed by atoms with Crippen molar-refractivity contribution in [2.45, 2.75) is 13.3 Å². The molecule has 0 aliphatic carbocycles. The van der Waals surface area contributed by atoms with E-state index < -0.39 is 0 Å². The van der Waals surface area contributed by atoms with Gasteiger partial charge in [0.25, 0.3) is 0 Å². The summed E-state index contributed by atoms with van der Waals surface area (Å²) in [6, 6.07) is 7.83. The lowest BCUT2D eigenvalue weighted by Gasteiger charge is -2.13. The molecule has 0 saturated carbocycles. The molecule has 108 valence electrons. The SMILES string of the molecule is CCCOc1ccccc1OCCNCCN(C)C. The van der Waals surface area contributed by atoms with E-state index in [4.69, 9.17) is 9.47 Å². The maximum absolute atomic E-state index is 5.74. The molecule has 0 saturated heterocycles. The highest BCUT2D eigenvalue weighted by Crippen LogP contribution is 2.26. The van der Waals surface area contributed by atoms with Gasteiger partial charge in [-0.2, -0.15) is 0 Å². The number of ether oxygens (including phenoxy) is 2. The maximum atomic E-state index is 5.74. The zero-order valence-electron chi connectivity index (χ0n) is 12.3. The fourth-order valence-electron chi connectivity index (χ4n) is 1.56. The third-order valence-corrected chi connectivity index (χ3v) is 2.58. The Kier molecular flexibility index (Phi) is 8.02. The van der Waals surface area contributed by atoms with Gasteiger partial charge in [0.05, 0.1) is 6.61 Å². The van der Waals surface area contributed by atoms with Gasteiger partial charge >= 0.3 is 0 Å². The molecule has 0 aliphatic rings. The summed E-state index contributed by atoms with van der Waals surface area (Å²) in [7, 11) is 4.14. The zero-order chi connectivity index (χ0) is 13.9. The van der Waals surface area contributed by atoms with Gasteiger partial charge in [-0.15, -0.1) is 0 Å². The Morgan fingerprint density at radius 3 is 2.21 bits per heavy atom. The first-order valence-corrected chi connectivity index (χ1v) is 6.94. The summed E-state index contributed by atoms with van der Waals surface area (Å²) in [6.45, 7) is 6.33. The minimum absolute atomic E-state index is 0.653. The van der Waals surface area contributed by atoms with Gasteiger partial charge in [0, 0.05) is 19.6 Å². The van der Waals surface area contributed by atoms with Crippen molar-refractivity contribution in [3.8, 4) is 11.5 Å². The van der Waals surface area contributed by atoms with Gasteiger partial charge < -0.3 is 19.7 Å². The molecular weight excluding hydrogens is 240 g/mol. The third kappa shape index (κ3) is 7.03. The molecule has 0 heterocycles. The number of hydrogen-bond acceptors (Lipinski definition) is 4. The Labute approximate surface area is 116 Å². The summed E-state index contributed by atoms with van der Waals surface area (Å²) in [6.07, 6.45) is 1.00. The van der Waals surface area contributed by atoms with Crippen molar-refractivity contribution in [1.82, 2.24) is 10.2 Å². The Bertz CT molecular complexity index is 343. The number of likely N-dealkylation sites (N-methyl/N-ethyl adjacent to an activating group) is 1. The van der Waals surface area contributed by atoms with Crippen LogP contribution in [-0.2, 0) is 0 Å². The highest BCUT2D eigenvalue weighted by atomic mass is 16.5. The molecule has 0 unspecified atom stereocenters. The third-order valence-electron chi connectivity index (χ3n) is 2.58. The highest BCUT2D eigenvalue weighted by molar-refractivity contribution is 5.39. The molecule has 0 bridgehead atoms. The van der Waals surface area contributed by atoms with Crippen LogP contribution < -0.4 is 14.8 Å². The molecule has 0 aromatic heterocycles. The number of rotatable bonds is 10. The van der Waals surface area contributed by atoms with Crippen molar-refractivity contribution in [2.24, 2.45) is 0 Å². The fourth-order valence-corrected chi connectivity index (χ4v) is 1.56. The number of hydrogen-bond donors (Lipinski definition) is 1. The largest absolute Gasteiger partial charge is 0.490 e. The summed E-state index contributed by atoms with van der Waals surface area (Å²) < 4.78 is 11.4. The molecule has 4 heteroatoms. The van der Waals surface area contributed by atoms with Crippen LogP contribution in [0.2, 0.25) is 0 Å². The zero-order valence-corrected chi connectivity index (χ0v) is 12.3. The summed E-state index contributed by atoms with van der Waals surface area (Å²) in [5.41, 5.74) is 0. The average Bonchev–Trinajstić information content (AvgIpc) is 2.41. The second-order valence-corrected chi connectivity index (χ2v) is 4.70. The van der Waals surface area contributed by atoms with Crippen molar-refractivity contribution < 1.29 is 9.47 Å². The Morgan fingerprint density at radius 1 is 1.00 bits per heavy atom. The van der Waals surface area contributed by atoms with Crippen LogP contribution in [0.4, 0.5) is 0 Å². The van der Waals surface area contributed by atoms with Crippen LogP contribution >= 0.6 is 0 Å². The van der Waals surface area contributed by atoms with Crippen LogP contribution in [0.3, 0.4) is 0 Å². The van der Waals surface area contributed by atoms with Crippen LogP contribution in [0.5, 0.6) is 11.5 Å². The second kappa shape index (κ2) is 9.64. The molecule has 1 rings (SSSR count). The van der Waals surface area contributed by atoms with Gasteiger partial charge in [-0.3, -0.25) is 0 Å². The summed E-state index contributed by atoms with van der Waals surface area (Å²) >= 11 is 0. The molecule has 0 fully saturated rings. The van der Waals surface area contributed by atoms with E-state index in [0.717, 1.165) is 44.2 Å². The summed E-state index contributed by atoms with van der Waals surface area (Å²) in [4.78, 5) is 2.15. The molecule has 1 aromatic rings. The predicted octanol–water partition coefficient (Wildman–Crippen LogP) is 2.01. The number of para-hydroxylation sites is 2. The normalized spacial score (nSPS) is 10.7. The smallest absolute Gasteiger partial charge is 0.161 e. The standard InChI is InChI=1S/C15H26N2O2/c1-4-12-18-14-7-5-6-8-15(14)19-13-10-16-9-11-17(2)3/h5-8,16H,4,9-13H2,1-3H3. The van der Waals surface area contributed by atoms with Crippen molar-refractivity contribution in [1.29, 1.82) is 0 Å². The Hall–Kier alpha value is -1.26. The lowest BCUT2D eigenvalue weighted by molar-refractivity contribution is 0.266. The van der Waals surface area contributed by atoms with Crippen molar-refractivity contribution >= 4 is 0 Å². The Morgan fingerprint density at radius 2 is 1.63 bits per heavy atom. The molecule has 1 aromatic carbocycles. The molecule has 1 N–H and O–H groups in total. The minimum Gasteiger partial charge on any atom is -0.490 e. The van der Waals surface area contributed by atoms with Crippen molar-refractivity contribution in [3.05, 3.63) is 24.3 Å². The topological polar surface area (TPSA) is 33.7 Å².